The molecule has 3 heteroatoms. The second-order valence-corrected chi connectivity index (χ2v) is 26.9. The third-order valence-electron chi connectivity index (χ3n) is 6.64. The normalized spacial score (nSPS) is 10.9. The fourth-order valence-corrected chi connectivity index (χ4v) is 22.9. The largest absolute Gasteiger partial charge is 0.304 e. The maximum atomic E-state index is 2.38. The predicted octanol–water partition coefficient (Wildman–Crippen LogP) is 11.1. The maximum Gasteiger partial charge on any atom is -0.00474 e. The first kappa shape index (κ1) is 39.1. The fraction of sp³-hybridized carbons (Fsp3) is 1.00. The standard InChI is InChI=1S/C6H15N.6C4H9.2Sn/c1-4-7(5-2)6-3;6*1-3-4-2;;/h4-6H2,1-3H3;6*1,3-4H2,2H3;;. The van der Waals surface area contributed by atoms with Gasteiger partial charge in [0.05, 0.1) is 0 Å². The van der Waals surface area contributed by atoms with Gasteiger partial charge in [-0.25, -0.2) is 0 Å². The number of unbranched alkanes of at least 4 members (excludes halogenated alkanes) is 6. The second-order valence-electron chi connectivity index (χ2n) is 9.74. The Kier molecular flexibility index (Phi) is 42.3. The van der Waals surface area contributed by atoms with Crippen LogP contribution in [-0.4, -0.2) is 64.1 Å². The Labute approximate surface area is 228 Å². The summed E-state index contributed by atoms with van der Waals surface area (Å²) in [5.74, 6) is 0. The summed E-state index contributed by atoms with van der Waals surface area (Å²) in [6.45, 7) is 24.1. The summed E-state index contributed by atoms with van der Waals surface area (Å²) in [4.78, 5) is 2.38. The molecule has 0 aromatic rings. The van der Waals surface area contributed by atoms with Gasteiger partial charge in [0.25, 0.3) is 0 Å². The third kappa shape index (κ3) is 33.6. The van der Waals surface area contributed by atoms with E-state index in [1.165, 1.54) is 96.7 Å². The van der Waals surface area contributed by atoms with Gasteiger partial charge in [-0.3, -0.25) is 0 Å². The molecule has 0 rings (SSSR count). The first-order valence-corrected chi connectivity index (χ1v) is 27.5. The molecule has 0 saturated carbocycles. The van der Waals surface area contributed by atoms with Crippen LogP contribution in [0.2, 0.25) is 26.6 Å². The van der Waals surface area contributed by atoms with Gasteiger partial charge in [-0.15, -0.1) is 0 Å². The monoisotopic (exact) mass is 683 g/mol. The molecule has 0 unspecified atom stereocenters. The SMILES string of the molecule is CCC[CH2][Sn]([CH2]CCC)[CH2]CCC.CCC[CH2][Sn]([CH2]CCC)[CH2]CCC.CCN(CC)CC. The summed E-state index contributed by atoms with van der Waals surface area (Å²) in [6, 6.07) is 0. The molecular weight excluding hydrogens is 612 g/mol. The van der Waals surface area contributed by atoms with E-state index in [4.69, 9.17) is 0 Å². The minimum atomic E-state index is -0.839. The van der Waals surface area contributed by atoms with Crippen molar-refractivity contribution >= 4 is 39.5 Å². The van der Waals surface area contributed by atoms with E-state index in [0.29, 0.717) is 0 Å². The molecule has 202 valence electrons. The topological polar surface area (TPSA) is 3.24 Å². The van der Waals surface area contributed by atoms with Crippen molar-refractivity contribution in [3.8, 4) is 0 Å². The summed E-state index contributed by atoms with van der Waals surface area (Å²) < 4.78 is 10.1. The fourth-order valence-electron chi connectivity index (χ4n) is 3.98. The number of nitrogens with zero attached hydrogens (tertiary/aromatic N) is 1. The van der Waals surface area contributed by atoms with Crippen LogP contribution in [-0.2, 0) is 0 Å². The van der Waals surface area contributed by atoms with E-state index in [9.17, 15) is 0 Å². The zero-order valence-electron chi connectivity index (χ0n) is 25.3. The Morgan fingerprint density at radius 3 is 0.606 bits per heavy atom. The van der Waals surface area contributed by atoms with Crippen LogP contribution in [0.3, 0.4) is 0 Å². The minimum Gasteiger partial charge on any atom is -0.304 e. The molecule has 1 nitrogen and oxygen atoms in total. The van der Waals surface area contributed by atoms with Gasteiger partial charge in [-0.05, 0) is 19.6 Å². The van der Waals surface area contributed by atoms with Crippen LogP contribution in [0.25, 0.3) is 0 Å². The van der Waals surface area contributed by atoms with Crippen LogP contribution in [0.5, 0.6) is 0 Å². The zero-order valence-corrected chi connectivity index (χ0v) is 31.0. The van der Waals surface area contributed by atoms with Crippen LogP contribution in [0.1, 0.15) is 139 Å². The van der Waals surface area contributed by atoms with Crippen molar-refractivity contribution in [3.63, 3.8) is 0 Å². The minimum absolute atomic E-state index is 0.839. The summed E-state index contributed by atoms with van der Waals surface area (Å²) >= 11 is -1.68. The smallest absolute Gasteiger partial charge is 0.00474 e. The molecule has 0 fully saturated rings. The molecule has 33 heavy (non-hydrogen) atoms. The van der Waals surface area contributed by atoms with Gasteiger partial charge < -0.3 is 4.90 Å². The van der Waals surface area contributed by atoms with Crippen molar-refractivity contribution in [1.82, 2.24) is 4.90 Å². The Bertz CT molecular complexity index is 240. The Hall–Kier alpha value is 1.56. The average Bonchev–Trinajstić information content (AvgIpc) is 2.85. The van der Waals surface area contributed by atoms with Gasteiger partial charge in [-0.2, -0.15) is 0 Å². The molecule has 0 saturated heterocycles. The molecule has 0 spiro atoms. The molecule has 0 aromatic heterocycles. The van der Waals surface area contributed by atoms with Crippen molar-refractivity contribution in [2.75, 3.05) is 19.6 Å². The second kappa shape index (κ2) is 35.7. The molecule has 0 heterocycles. The van der Waals surface area contributed by atoms with E-state index in [-0.39, 0.29) is 0 Å². The molecule has 0 aromatic carbocycles. The Morgan fingerprint density at radius 2 is 0.515 bits per heavy atom. The van der Waals surface area contributed by atoms with E-state index >= 15 is 0 Å². The van der Waals surface area contributed by atoms with Gasteiger partial charge >= 0.3 is 185 Å². The van der Waals surface area contributed by atoms with Gasteiger partial charge in [0.15, 0.2) is 0 Å². The van der Waals surface area contributed by atoms with Crippen molar-refractivity contribution in [1.29, 1.82) is 0 Å². The molecule has 0 N–H and O–H groups in total. The molecule has 0 bridgehead atoms. The summed E-state index contributed by atoms with van der Waals surface area (Å²) in [6.07, 6.45) is 17.7. The quantitative estimate of drug-likeness (QED) is 0.109. The van der Waals surface area contributed by atoms with E-state index in [1.54, 1.807) is 26.6 Å². The van der Waals surface area contributed by atoms with Crippen LogP contribution in [0, 0.1) is 0 Å². The van der Waals surface area contributed by atoms with Crippen LogP contribution >= 0.6 is 0 Å². The first-order chi connectivity index (χ1) is 16.0. The van der Waals surface area contributed by atoms with Crippen molar-refractivity contribution in [3.05, 3.63) is 0 Å². The Balaban J connectivity index is -0.000000429. The van der Waals surface area contributed by atoms with Crippen LogP contribution < -0.4 is 0 Å². The zero-order chi connectivity index (χ0) is 25.6. The molecule has 2 radical (unpaired) electrons. The summed E-state index contributed by atoms with van der Waals surface area (Å²) in [7, 11) is 0. The van der Waals surface area contributed by atoms with E-state index in [1.807, 2.05) is 0 Å². The Morgan fingerprint density at radius 1 is 0.333 bits per heavy atom. The first-order valence-electron chi connectivity index (χ1n) is 15.4. The summed E-state index contributed by atoms with van der Waals surface area (Å²) in [5.41, 5.74) is 0. The number of hydrogen-bond acceptors (Lipinski definition) is 1. The van der Waals surface area contributed by atoms with E-state index in [2.05, 4.69) is 67.2 Å². The molecule has 0 amide bonds. The molecule has 0 aliphatic carbocycles. The van der Waals surface area contributed by atoms with Crippen molar-refractivity contribution < 1.29 is 0 Å². The summed E-state index contributed by atoms with van der Waals surface area (Å²) in [5, 5.41) is 0. The average molecular weight is 681 g/mol. The van der Waals surface area contributed by atoms with Crippen molar-refractivity contribution in [2.24, 2.45) is 0 Å². The van der Waals surface area contributed by atoms with E-state index < -0.39 is 39.5 Å². The van der Waals surface area contributed by atoms with Crippen LogP contribution in [0.15, 0.2) is 0 Å². The predicted molar refractivity (Wildman–Crippen MR) is 163 cm³/mol. The van der Waals surface area contributed by atoms with Crippen molar-refractivity contribution in [2.45, 2.75) is 166 Å². The molecule has 0 aliphatic rings. The van der Waals surface area contributed by atoms with E-state index in [0.717, 1.165) is 0 Å². The van der Waals surface area contributed by atoms with Gasteiger partial charge in [0, 0.05) is 0 Å². The molecular formula is C30H69NSn2. The maximum absolute atomic E-state index is 2.38. The molecule has 0 aliphatic heterocycles. The van der Waals surface area contributed by atoms with Gasteiger partial charge in [0.2, 0.25) is 0 Å². The number of hydrogen-bond donors (Lipinski definition) is 0. The van der Waals surface area contributed by atoms with Gasteiger partial charge in [-0.1, -0.05) is 20.8 Å². The van der Waals surface area contributed by atoms with Crippen LogP contribution in [0.4, 0.5) is 0 Å². The third-order valence-corrected chi connectivity index (χ3v) is 24.8. The number of rotatable bonds is 21. The molecule has 0 atom stereocenters. The van der Waals surface area contributed by atoms with Gasteiger partial charge in [0.1, 0.15) is 0 Å².